The Morgan fingerprint density at radius 2 is 2.03 bits per heavy atom. The van der Waals surface area contributed by atoms with Gasteiger partial charge in [0.25, 0.3) is 0 Å². The number of aromatic amines is 1. The molecule has 0 atom stereocenters. The molecular formula is C24H29N7O. The standard InChI is InChI=1S/C24H29N7O/c1-14(2)23-18-11-17(16-6-8-30(9-7-16)13-21(25)32)4-5-20(18)26-24(23)19-12-31-22(10-15(19)3)27-28-29-31/h4-5,10-12,14,16,26H,6-9,13H2,1-3H3,(H2,25,32). The highest BCUT2D eigenvalue weighted by Crippen LogP contribution is 2.39. The van der Waals surface area contributed by atoms with Gasteiger partial charge < -0.3 is 10.7 Å². The number of aromatic nitrogens is 5. The van der Waals surface area contributed by atoms with Gasteiger partial charge in [0.05, 0.1) is 12.2 Å². The topological polar surface area (TPSA) is 105 Å². The number of carbonyl (C=O) groups excluding carboxylic acids is 1. The maximum Gasteiger partial charge on any atom is 0.231 e. The average Bonchev–Trinajstić information content (AvgIpc) is 3.36. The average molecular weight is 432 g/mol. The molecule has 1 fully saturated rings. The van der Waals surface area contributed by atoms with Crippen LogP contribution in [-0.4, -0.2) is 55.5 Å². The van der Waals surface area contributed by atoms with E-state index in [9.17, 15) is 4.79 Å². The van der Waals surface area contributed by atoms with Crippen molar-refractivity contribution >= 4 is 22.5 Å². The Morgan fingerprint density at radius 1 is 1.25 bits per heavy atom. The van der Waals surface area contributed by atoms with Gasteiger partial charge >= 0.3 is 0 Å². The van der Waals surface area contributed by atoms with Gasteiger partial charge in [-0.3, -0.25) is 9.69 Å². The van der Waals surface area contributed by atoms with Crippen molar-refractivity contribution < 1.29 is 4.79 Å². The van der Waals surface area contributed by atoms with E-state index in [1.807, 2.05) is 12.3 Å². The van der Waals surface area contributed by atoms with Gasteiger partial charge in [-0.2, -0.15) is 4.52 Å². The maximum atomic E-state index is 11.2. The highest BCUT2D eigenvalue weighted by Gasteiger charge is 2.24. The van der Waals surface area contributed by atoms with E-state index in [1.54, 1.807) is 4.52 Å². The van der Waals surface area contributed by atoms with Crippen LogP contribution in [0.2, 0.25) is 0 Å². The lowest BCUT2D eigenvalue weighted by atomic mass is 9.87. The first kappa shape index (κ1) is 20.6. The van der Waals surface area contributed by atoms with E-state index in [2.05, 4.69) is 64.4 Å². The summed E-state index contributed by atoms with van der Waals surface area (Å²) in [6, 6.07) is 8.85. The summed E-state index contributed by atoms with van der Waals surface area (Å²) in [5.41, 5.74) is 13.4. The summed E-state index contributed by atoms with van der Waals surface area (Å²) >= 11 is 0. The first-order valence-electron chi connectivity index (χ1n) is 11.3. The number of nitrogens with two attached hydrogens (primary N) is 1. The molecule has 4 heterocycles. The summed E-state index contributed by atoms with van der Waals surface area (Å²) < 4.78 is 1.73. The van der Waals surface area contributed by atoms with E-state index in [0.29, 0.717) is 18.4 Å². The molecule has 166 valence electrons. The van der Waals surface area contributed by atoms with Crippen LogP contribution in [-0.2, 0) is 4.79 Å². The van der Waals surface area contributed by atoms with E-state index in [0.717, 1.165) is 53.9 Å². The third-order valence-corrected chi connectivity index (χ3v) is 6.69. The summed E-state index contributed by atoms with van der Waals surface area (Å²) in [6.07, 6.45) is 4.10. The molecule has 3 aromatic heterocycles. The van der Waals surface area contributed by atoms with Crippen LogP contribution in [0.5, 0.6) is 0 Å². The predicted octanol–water partition coefficient (Wildman–Crippen LogP) is 3.37. The minimum Gasteiger partial charge on any atom is -0.369 e. The largest absolute Gasteiger partial charge is 0.369 e. The van der Waals surface area contributed by atoms with Gasteiger partial charge in [-0.25, -0.2) is 0 Å². The summed E-state index contributed by atoms with van der Waals surface area (Å²) in [7, 11) is 0. The van der Waals surface area contributed by atoms with Crippen LogP contribution in [0.25, 0.3) is 27.8 Å². The molecule has 1 aromatic carbocycles. The Bertz CT molecular complexity index is 1290. The van der Waals surface area contributed by atoms with Crippen molar-refractivity contribution in [1.82, 2.24) is 29.9 Å². The predicted molar refractivity (Wildman–Crippen MR) is 125 cm³/mol. The SMILES string of the molecule is Cc1cc2nnnn2cc1-c1[nH]c2ccc(C3CCN(CC(N)=O)CC3)cc2c1C(C)C. The Hall–Kier alpha value is -3.26. The highest BCUT2D eigenvalue weighted by atomic mass is 16.1. The molecule has 5 rings (SSSR count). The molecule has 0 saturated carbocycles. The van der Waals surface area contributed by atoms with Crippen LogP contribution < -0.4 is 5.73 Å². The van der Waals surface area contributed by atoms with Crippen molar-refractivity contribution in [3.8, 4) is 11.3 Å². The number of carbonyl (C=O) groups is 1. The summed E-state index contributed by atoms with van der Waals surface area (Å²) in [5, 5.41) is 13.2. The number of nitrogens with zero attached hydrogens (tertiary/aromatic N) is 5. The fraction of sp³-hybridized carbons (Fsp3) is 0.417. The van der Waals surface area contributed by atoms with Crippen molar-refractivity contribution in [3.63, 3.8) is 0 Å². The number of hydrogen-bond donors (Lipinski definition) is 2. The molecule has 1 saturated heterocycles. The Labute approximate surface area is 186 Å². The number of nitrogens with one attached hydrogen (secondary N) is 1. The quantitative estimate of drug-likeness (QED) is 0.504. The van der Waals surface area contributed by atoms with Gasteiger partial charge in [-0.15, -0.1) is 5.10 Å². The Kier molecular flexibility index (Phi) is 5.17. The molecule has 0 unspecified atom stereocenters. The smallest absolute Gasteiger partial charge is 0.231 e. The molecule has 3 N–H and O–H groups in total. The van der Waals surface area contributed by atoms with Gasteiger partial charge in [0, 0.05) is 22.7 Å². The zero-order valence-corrected chi connectivity index (χ0v) is 18.8. The molecular weight excluding hydrogens is 402 g/mol. The van der Waals surface area contributed by atoms with E-state index < -0.39 is 0 Å². The Balaban J connectivity index is 1.53. The van der Waals surface area contributed by atoms with Gasteiger partial charge in [0.1, 0.15) is 0 Å². The number of primary amides is 1. The van der Waals surface area contributed by atoms with Crippen molar-refractivity contribution in [1.29, 1.82) is 0 Å². The number of likely N-dealkylation sites (tertiary alicyclic amines) is 1. The molecule has 1 amide bonds. The maximum absolute atomic E-state index is 11.2. The number of H-pyrrole nitrogens is 1. The lowest BCUT2D eigenvalue weighted by Crippen LogP contribution is -2.39. The second-order valence-corrected chi connectivity index (χ2v) is 9.24. The summed E-state index contributed by atoms with van der Waals surface area (Å²) in [6.45, 7) is 8.76. The molecule has 0 bridgehead atoms. The minimum atomic E-state index is -0.249. The van der Waals surface area contributed by atoms with Crippen LogP contribution >= 0.6 is 0 Å². The van der Waals surface area contributed by atoms with Crippen LogP contribution in [0, 0.1) is 6.92 Å². The molecule has 1 aliphatic rings. The molecule has 0 radical (unpaired) electrons. The molecule has 32 heavy (non-hydrogen) atoms. The first-order valence-corrected chi connectivity index (χ1v) is 11.3. The van der Waals surface area contributed by atoms with Crippen molar-refractivity contribution in [3.05, 3.63) is 47.2 Å². The number of piperidine rings is 1. The Morgan fingerprint density at radius 3 is 2.75 bits per heavy atom. The molecule has 0 spiro atoms. The van der Waals surface area contributed by atoms with Crippen molar-refractivity contribution in [2.75, 3.05) is 19.6 Å². The fourth-order valence-electron chi connectivity index (χ4n) is 5.09. The van der Waals surface area contributed by atoms with Crippen LogP contribution in [0.15, 0.2) is 30.5 Å². The molecule has 8 heteroatoms. The summed E-state index contributed by atoms with van der Waals surface area (Å²) in [4.78, 5) is 17.1. The summed E-state index contributed by atoms with van der Waals surface area (Å²) in [5.74, 6) is 0.609. The third-order valence-electron chi connectivity index (χ3n) is 6.69. The lowest BCUT2D eigenvalue weighted by molar-refractivity contribution is -0.119. The van der Waals surface area contributed by atoms with Crippen LogP contribution in [0.1, 0.15) is 55.2 Å². The van der Waals surface area contributed by atoms with E-state index in [1.165, 1.54) is 16.5 Å². The molecule has 0 aliphatic carbocycles. The van der Waals surface area contributed by atoms with Crippen LogP contribution in [0.3, 0.4) is 0 Å². The monoisotopic (exact) mass is 431 g/mol. The number of fused-ring (bicyclic) bond motifs is 2. The van der Waals surface area contributed by atoms with Crippen molar-refractivity contribution in [2.24, 2.45) is 5.73 Å². The molecule has 4 aromatic rings. The number of amides is 1. The molecule has 1 aliphatic heterocycles. The molecule has 8 nitrogen and oxygen atoms in total. The minimum absolute atomic E-state index is 0.249. The van der Waals surface area contributed by atoms with Gasteiger partial charge in [-0.05, 0) is 90.0 Å². The van der Waals surface area contributed by atoms with Crippen molar-refractivity contribution in [2.45, 2.75) is 45.4 Å². The number of pyridine rings is 1. The lowest BCUT2D eigenvalue weighted by Gasteiger charge is -2.31. The number of tetrazole rings is 1. The zero-order chi connectivity index (χ0) is 22.4. The van der Waals surface area contributed by atoms with Gasteiger partial charge in [0.15, 0.2) is 5.65 Å². The number of hydrogen-bond acceptors (Lipinski definition) is 5. The second-order valence-electron chi connectivity index (χ2n) is 9.24. The van der Waals surface area contributed by atoms with Crippen LogP contribution in [0.4, 0.5) is 0 Å². The van der Waals surface area contributed by atoms with E-state index in [-0.39, 0.29) is 5.91 Å². The number of aryl methyl sites for hydroxylation is 1. The zero-order valence-electron chi connectivity index (χ0n) is 18.8. The van der Waals surface area contributed by atoms with Gasteiger partial charge in [0.2, 0.25) is 5.91 Å². The first-order chi connectivity index (χ1) is 15.4. The number of rotatable bonds is 5. The highest BCUT2D eigenvalue weighted by molar-refractivity contribution is 5.92. The van der Waals surface area contributed by atoms with Gasteiger partial charge in [-0.1, -0.05) is 19.9 Å². The van der Waals surface area contributed by atoms with E-state index >= 15 is 0 Å². The second kappa shape index (κ2) is 8.02. The third kappa shape index (κ3) is 3.64. The normalized spacial score (nSPS) is 15.9. The fourth-order valence-corrected chi connectivity index (χ4v) is 5.09. The van der Waals surface area contributed by atoms with E-state index in [4.69, 9.17) is 5.73 Å². The number of benzene rings is 1.